The molecule has 0 saturated carbocycles. The average molecular weight is 293 g/mol. The number of aromatic amines is 1. The molecule has 108 valence electrons. The lowest BCUT2D eigenvalue weighted by atomic mass is 10.1. The maximum absolute atomic E-state index is 10.5. The van der Waals surface area contributed by atoms with Gasteiger partial charge in [0.1, 0.15) is 11.8 Å². The highest BCUT2D eigenvalue weighted by Gasteiger charge is 2.11. The van der Waals surface area contributed by atoms with Crippen molar-refractivity contribution >= 4 is 34.0 Å². The van der Waals surface area contributed by atoms with Gasteiger partial charge in [0.25, 0.3) is 0 Å². The quantitative estimate of drug-likeness (QED) is 0.588. The Hall–Kier alpha value is -3.35. The van der Waals surface area contributed by atoms with Gasteiger partial charge in [-0.3, -0.25) is 0 Å². The fourth-order valence-electron chi connectivity index (χ4n) is 2.41. The van der Waals surface area contributed by atoms with Gasteiger partial charge in [0.15, 0.2) is 5.58 Å². The number of H-pyrrole nitrogens is 1. The molecule has 0 aliphatic carbocycles. The largest absolute Gasteiger partial charge is 0.530 e. The van der Waals surface area contributed by atoms with Crippen LogP contribution in [0.25, 0.3) is 33.3 Å². The monoisotopic (exact) mass is 293 g/mol. The summed E-state index contributed by atoms with van der Waals surface area (Å²) in [6, 6.07) is 13.1. The summed E-state index contributed by atoms with van der Waals surface area (Å²) in [6.07, 6.45) is -1.42. The molecule has 22 heavy (non-hydrogen) atoms. The van der Waals surface area contributed by atoms with Crippen molar-refractivity contribution in [2.75, 3.05) is 5.32 Å². The number of carboxylic acid groups (broad SMARTS) is 1. The fourth-order valence-corrected chi connectivity index (χ4v) is 2.41. The number of carbonyl (C=O) groups is 1. The molecule has 2 aromatic heterocycles. The number of hydrogen-bond donors (Lipinski definition) is 2. The average Bonchev–Trinajstić information content (AvgIpc) is 3.08. The molecule has 2 aromatic carbocycles. The minimum absolute atomic E-state index is 0.122. The molecule has 4 rings (SSSR count). The van der Waals surface area contributed by atoms with Crippen LogP contribution in [0.5, 0.6) is 0 Å². The van der Waals surface area contributed by atoms with E-state index in [1.165, 1.54) is 0 Å². The molecule has 4 aromatic rings. The summed E-state index contributed by atoms with van der Waals surface area (Å²) in [6.45, 7) is 0. The molecule has 2 N–H and O–H groups in total. The molecular weight excluding hydrogens is 284 g/mol. The molecule has 7 heteroatoms. The van der Waals surface area contributed by atoms with E-state index in [2.05, 4.69) is 20.4 Å². The highest BCUT2D eigenvalue weighted by molar-refractivity contribution is 5.94. The molecule has 0 aliphatic heterocycles. The van der Waals surface area contributed by atoms with Gasteiger partial charge in [-0.25, -0.2) is 4.98 Å². The molecule has 0 unspecified atom stereocenters. The molecule has 0 aliphatic rings. The Morgan fingerprint density at radius 3 is 2.95 bits per heavy atom. The Morgan fingerprint density at radius 2 is 2.09 bits per heavy atom. The van der Waals surface area contributed by atoms with E-state index in [0.717, 1.165) is 16.6 Å². The van der Waals surface area contributed by atoms with Crippen molar-refractivity contribution in [2.24, 2.45) is 0 Å². The number of para-hydroxylation sites is 1. The standard InChI is InChI=1S/C15H10N4O3/c20-15(21)18-14-16-10-6-5-8(7-11(10)17-14)13-9-3-1-2-4-12(9)22-19-13/h1-7H,(H,20,21)(H2,16,17,18)/p-1. The molecule has 1 amide bonds. The van der Waals surface area contributed by atoms with Gasteiger partial charge in [-0.1, -0.05) is 23.4 Å². The Labute approximate surface area is 123 Å². The smallest absolute Gasteiger partial charge is 0.206 e. The van der Waals surface area contributed by atoms with Crippen molar-refractivity contribution in [1.82, 2.24) is 15.1 Å². The predicted octanol–water partition coefficient (Wildman–Crippen LogP) is 2.13. The Kier molecular flexibility index (Phi) is 2.59. The van der Waals surface area contributed by atoms with Crippen LogP contribution in [-0.4, -0.2) is 21.2 Å². The summed E-state index contributed by atoms with van der Waals surface area (Å²) < 4.78 is 5.30. The zero-order valence-electron chi connectivity index (χ0n) is 11.2. The van der Waals surface area contributed by atoms with Crippen LogP contribution in [-0.2, 0) is 0 Å². The molecule has 0 fully saturated rings. The first kappa shape index (κ1) is 12.4. The van der Waals surface area contributed by atoms with Crippen molar-refractivity contribution in [3.63, 3.8) is 0 Å². The predicted molar refractivity (Wildman–Crippen MR) is 78.1 cm³/mol. The fraction of sp³-hybridized carbons (Fsp3) is 0. The van der Waals surface area contributed by atoms with Crippen LogP contribution in [0.2, 0.25) is 0 Å². The van der Waals surface area contributed by atoms with E-state index in [4.69, 9.17) is 4.52 Å². The van der Waals surface area contributed by atoms with Gasteiger partial charge in [0.05, 0.1) is 11.0 Å². The second-order valence-corrected chi connectivity index (χ2v) is 4.76. The zero-order chi connectivity index (χ0) is 15.1. The normalized spacial score (nSPS) is 11.1. The summed E-state index contributed by atoms with van der Waals surface area (Å²) in [7, 11) is 0. The van der Waals surface area contributed by atoms with Crippen LogP contribution in [0, 0.1) is 0 Å². The van der Waals surface area contributed by atoms with Gasteiger partial charge in [0, 0.05) is 10.9 Å². The van der Waals surface area contributed by atoms with Crippen LogP contribution in [0.1, 0.15) is 0 Å². The lowest BCUT2D eigenvalue weighted by molar-refractivity contribution is -0.242. The van der Waals surface area contributed by atoms with E-state index in [1.807, 2.05) is 36.4 Å². The number of hydrogen-bond acceptors (Lipinski definition) is 5. The minimum atomic E-state index is -1.42. The minimum Gasteiger partial charge on any atom is -0.530 e. The first-order valence-corrected chi connectivity index (χ1v) is 6.53. The number of imidazole rings is 1. The molecule has 0 saturated heterocycles. The number of aromatic nitrogens is 3. The number of fused-ring (bicyclic) bond motifs is 2. The number of nitrogens with zero attached hydrogens (tertiary/aromatic N) is 2. The van der Waals surface area contributed by atoms with E-state index < -0.39 is 6.09 Å². The molecule has 0 atom stereocenters. The second-order valence-electron chi connectivity index (χ2n) is 4.76. The van der Waals surface area contributed by atoms with E-state index in [0.29, 0.717) is 16.6 Å². The highest BCUT2D eigenvalue weighted by Crippen LogP contribution is 2.29. The number of rotatable bonds is 2. The first-order chi connectivity index (χ1) is 10.7. The third kappa shape index (κ3) is 1.96. The molecule has 0 bridgehead atoms. The van der Waals surface area contributed by atoms with Crippen LogP contribution in [0.4, 0.5) is 10.7 Å². The van der Waals surface area contributed by atoms with Crippen LogP contribution in [0.15, 0.2) is 47.0 Å². The Morgan fingerprint density at radius 1 is 1.23 bits per heavy atom. The SMILES string of the molecule is O=C([O-])Nc1nc2ccc(-c3noc4ccccc34)cc2[nH]1. The van der Waals surface area contributed by atoms with Crippen molar-refractivity contribution in [3.8, 4) is 11.3 Å². The summed E-state index contributed by atoms with van der Waals surface area (Å²) in [5.74, 6) is 0.122. The van der Waals surface area contributed by atoms with E-state index in [-0.39, 0.29) is 5.95 Å². The number of nitrogens with one attached hydrogen (secondary N) is 2. The van der Waals surface area contributed by atoms with Crippen LogP contribution < -0.4 is 10.4 Å². The number of carbonyl (C=O) groups excluding carboxylic acids is 1. The summed E-state index contributed by atoms with van der Waals surface area (Å²) in [5, 5.41) is 17.6. The van der Waals surface area contributed by atoms with Crippen molar-refractivity contribution < 1.29 is 14.4 Å². The zero-order valence-corrected chi connectivity index (χ0v) is 11.2. The van der Waals surface area contributed by atoms with Gasteiger partial charge in [-0.2, -0.15) is 0 Å². The van der Waals surface area contributed by atoms with Crippen molar-refractivity contribution in [3.05, 3.63) is 42.5 Å². The Balaban J connectivity index is 1.83. The van der Waals surface area contributed by atoms with Crippen LogP contribution >= 0.6 is 0 Å². The van der Waals surface area contributed by atoms with Crippen molar-refractivity contribution in [1.29, 1.82) is 0 Å². The van der Waals surface area contributed by atoms with E-state index >= 15 is 0 Å². The van der Waals surface area contributed by atoms with Gasteiger partial charge < -0.3 is 24.7 Å². The number of anilines is 1. The number of amides is 1. The lowest BCUT2D eigenvalue weighted by Crippen LogP contribution is -2.29. The molecular formula is C15H9N4O3-. The van der Waals surface area contributed by atoms with Crippen molar-refractivity contribution in [2.45, 2.75) is 0 Å². The molecule has 7 nitrogen and oxygen atoms in total. The third-order valence-corrected chi connectivity index (χ3v) is 3.35. The first-order valence-electron chi connectivity index (χ1n) is 6.53. The molecule has 0 spiro atoms. The molecule has 0 radical (unpaired) electrons. The maximum atomic E-state index is 10.5. The van der Waals surface area contributed by atoms with Gasteiger partial charge in [-0.05, 0) is 24.3 Å². The summed E-state index contributed by atoms with van der Waals surface area (Å²) in [5.41, 5.74) is 3.61. The van der Waals surface area contributed by atoms with E-state index in [9.17, 15) is 9.90 Å². The lowest BCUT2D eigenvalue weighted by Gasteiger charge is -1.99. The second kappa shape index (κ2) is 4.59. The highest BCUT2D eigenvalue weighted by atomic mass is 16.5. The topological polar surface area (TPSA) is 107 Å². The van der Waals surface area contributed by atoms with E-state index in [1.54, 1.807) is 6.07 Å². The maximum Gasteiger partial charge on any atom is 0.206 e. The van der Waals surface area contributed by atoms with Gasteiger partial charge in [0.2, 0.25) is 5.95 Å². The third-order valence-electron chi connectivity index (χ3n) is 3.35. The van der Waals surface area contributed by atoms with Gasteiger partial charge in [-0.15, -0.1) is 0 Å². The Bertz CT molecular complexity index is 1000. The summed E-state index contributed by atoms with van der Waals surface area (Å²) in [4.78, 5) is 17.5. The number of benzene rings is 2. The summed E-state index contributed by atoms with van der Waals surface area (Å²) >= 11 is 0. The van der Waals surface area contributed by atoms with Crippen LogP contribution in [0.3, 0.4) is 0 Å². The van der Waals surface area contributed by atoms with Gasteiger partial charge >= 0.3 is 0 Å². The molecule has 2 heterocycles.